The number of hydrogen-bond donors (Lipinski definition) is 0. The Morgan fingerprint density at radius 3 is 2.62 bits per heavy atom. The average Bonchev–Trinajstić information content (AvgIpc) is 3.16. The van der Waals surface area contributed by atoms with Crippen LogP contribution >= 0.6 is 22.9 Å². The fourth-order valence-corrected chi connectivity index (χ4v) is 4.18. The third kappa shape index (κ3) is 3.22. The van der Waals surface area contributed by atoms with Crippen molar-refractivity contribution in [3.8, 4) is 0 Å². The lowest BCUT2D eigenvalue weighted by molar-refractivity contribution is 0.221. The van der Waals surface area contributed by atoms with Gasteiger partial charge in [0.05, 0.1) is 11.9 Å². The summed E-state index contributed by atoms with van der Waals surface area (Å²) >= 11 is 8.12. The summed E-state index contributed by atoms with van der Waals surface area (Å²) in [6, 6.07) is 0.720. The first-order valence-corrected chi connectivity index (χ1v) is 8.81. The molecule has 0 unspecified atom stereocenters. The molecule has 114 valence electrons. The van der Waals surface area contributed by atoms with Gasteiger partial charge in [-0.3, -0.25) is 4.90 Å². The van der Waals surface area contributed by atoms with Crippen LogP contribution in [0, 0.1) is 19.8 Å². The molecule has 5 heteroatoms. The first kappa shape index (κ1) is 15.2. The largest absolute Gasteiger partial charge is 0.293 e. The summed E-state index contributed by atoms with van der Waals surface area (Å²) in [5.74, 6) is 1.53. The minimum atomic E-state index is 0.608. The quantitative estimate of drug-likeness (QED) is 0.754. The van der Waals surface area contributed by atoms with Crippen LogP contribution in [0.3, 0.4) is 0 Å². The van der Waals surface area contributed by atoms with Crippen molar-refractivity contribution >= 4 is 33.2 Å². The fourth-order valence-electron chi connectivity index (χ4n) is 2.75. The Morgan fingerprint density at radius 2 is 2.00 bits per heavy atom. The maximum absolute atomic E-state index is 6.40. The second-order valence-electron chi connectivity index (χ2n) is 6.45. The van der Waals surface area contributed by atoms with E-state index in [-0.39, 0.29) is 0 Å². The summed E-state index contributed by atoms with van der Waals surface area (Å²) < 4.78 is 0. The van der Waals surface area contributed by atoms with E-state index in [0.29, 0.717) is 11.1 Å². The van der Waals surface area contributed by atoms with E-state index in [2.05, 4.69) is 37.6 Å². The molecule has 0 amide bonds. The standard InChI is InChI=1S/C16H22ClN3S/c1-9(2)7-20(12-5-6-12)8-13-18-15(17)14-10(3)11(4)21-16(14)19-13/h9,12H,5-8H2,1-4H3. The Hall–Kier alpha value is -0.710. The van der Waals surface area contributed by atoms with Crippen LogP contribution < -0.4 is 0 Å². The number of hydrogen-bond acceptors (Lipinski definition) is 4. The second kappa shape index (κ2) is 5.82. The van der Waals surface area contributed by atoms with Crippen LogP contribution in [-0.2, 0) is 6.54 Å². The first-order valence-electron chi connectivity index (χ1n) is 7.62. The molecule has 1 saturated carbocycles. The molecule has 1 aliphatic carbocycles. The number of nitrogens with zero attached hydrogens (tertiary/aromatic N) is 3. The lowest BCUT2D eigenvalue weighted by atomic mass is 10.2. The highest BCUT2D eigenvalue weighted by Gasteiger charge is 2.30. The monoisotopic (exact) mass is 323 g/mol. The number of rotatable bonds is 5. The molecule has 0 radical (unpaired) electrons. The molecule has 0 spiro atoms. The third-order valence-electron chi connectivity index (χ3n) is 4.04. The van der Waals surface area contributed by atoms with Crippen LogP contribution in [0.2, 0.25) is 5.15 Å². The normalized spacial score (nSPS) is 15.6. The van der Waals surface area contributed by atoms with Gasteiger partial charge in [0.15, 0.2) is 0 Å². The molecule has 2 aromatic rings. The lowest BCUT2D eigenvalue weighted by Gasteiger charge is -2.23. The van der Waals surface area contributed by atoms with Gasteiger partial charge in [0.1, 0.15) is 15.8 Å². The van der Waals surface area contributed by atoms with Gasteiger partial charge in [-0.15, -0.1) is 11.3 Å². The van der Waals surface area contributed by atoms with Gasteiger partial charge in [-0.1, -0.05) is 25.4 Å². The second-order valence-corrected chi connectivity index (χ2v) is 8.01. The van der Waals surface area contributed by atoms with Crippen molar-refractivity contribution in [1.29, 1.82) is 0 Å². The summed E-state index contributed by atoms with van der Waals surface area (Å²) in [7, 11) is 0. The van der Waals surface area contributed by atoms with Gasteiger partial charge in [-0.25, -0.2) is 9.97 Å². The lowest BCUT2D eigenvalue weighted by Crippen LogP contribution is -2.30. The Morgan fingerprint density at radius 1 is 1.29 bits per heavy atom. The summed E-state index contributed by atoms with van der Waals surface area (Å²) in [6.45, 7) is 10.7. The van der Waals surface area contributed by atoms with Crippen molar-refractivity contribution in [2.24, 2.45) is 5.92 Å². The SMILES string of the molecule is Cc1sc2nc(CN(CC(C)C)C3CC3)nc(Cl)c2c1C. The molecule has 0 aromatic carbocycles. The number of aryl methyl sites for hydroxylation is 2. The highest BCUT2D eigenvalue weighted by Crippen LogP contribution is 2.34. The van der Waals surface area contributed by atoms with Crippen molar-refractivity contribution in [2.75, 3.05) is 6.54 Å². The van der Waals surface area contributed by atoms with Crippen LogP contribution in [0.25, 0.3) is 10.2 Å². The molecule has 3 nitrogen and oxygen atoms in total. The third-order valence-corrected chi connectivity index (χ3v) is 5.41. The molecule has 21 heavy (non-hydrogen) atoms. The Kier molecular flexibility index (Phi) is 4.21. The average molecular weight is 324 g/mol. The minimum Gasteiger partial charge on any atom is -0.293 e. The molecule has 3 rings (SSSR count). The van der Waals surface area contributed by atoms with Crippen molar-refractivity contribution in [2.45, 2.75) is 53.1 Å². The maximum Gasteiger partial charge on any atom is 0.145 e. The van der Waals surface area contributed by atoms with Gasteiger partial charge in [-0.2, -0.15) is 0 Å². The molecular weight excluding hydrogens is 302 g/mol. The number of halogens is 1. The van der Waals surface area contributed by atoms with E-state index in [0.717, 1.165) is 35.2 Å². The molecule has 0 N–H and O–H groups in total. The van der Waals surface area contributed by atoms with Crippen molar-refractivity contribution in [1.82, 2.24) is 14.9 Å². The van der Waals surface area contributed by atoms with Gasteiger partial charge in [0.25, 0.3) is 0 Å². The molecule has 0 bridgehead atoms. The van der Waals surface area contributed by atoms with E-state index < -0.39 is 0 Å². The first-order chi connectivity index (χ1) is 9.95. The van der Waals surface area contributed by atoms with E-state index in [1.54, 1.807) is 11.3 Å². The smallest absolute Gasteiger partial charge is 0.145 e. The van der Waals surface area contributed by atoms with Gasteiger partial charge >= 0.3 is 0 Å². The summed E-state index contributed by atoms with van der Waals surface area (Å²) in [4.78, 5) is 14.1. The number of thiophene rings is 1. The number of fused-ring (bicyclic) bond motifs is 1. The van der Waals surface area contributed by atoms with E-state index in [1.165, 1.54) is 23.3 Å². The van der Waals surface area contributed by atoms with Crippen molar-refractivity contribution < 1.29 is 0 Å². The Labute approximate surface area is 135 Å². The van der Waals surface area contributed by atoms with Crippen LogP contribution in [0.15, 0.2) is 0 Å². The highest BCUT2D eigenvalue weighted by molar-refractivity contribution is 7.18. The molecule has 1 aliphatic rings. The van der Waals surface area contributed by atoms with Crippen molar-refractivity contribution in [3.63, 3.8) is 0 Å². The zero-order chi connectivity index (χ0) is 15.1. The van der Waals surface area contributed by atoms with Gasteiger partial charge < -0.3 is 0 Å². The van der Waals surface area contributed by atoms with Crippen LogP contribution in [-0.4, -0.2) is 27.5 Å². The highest BCUT2D eigenvalue weighted by atomic mass is 35.5. The molecule has 0 saturated heterocycles. The number of aromatic nitrogens is 2. The summed E-state index contributed by atoms with van der Waals surface area (Å²) in [6.07, 6.45) is 2.61. The molecule has 1 fully saturated rings. The topological polar surface area (TPSA) is 29.0 Å². The molecule has 2 aromatic heterocycles. The Bertz CT molecular complexity index is 661. The summed E-state index contributed by atoms with van der Waals surface area (Å²) in [5, 5.41) is 1.64. The minimum absolute atomic E-state index is 0.608. The molecule has 0 aliphatic heterocycles. The van der Waals surface area contributed by atoms with Gasteiger partial charge in [0.2, 0.25) is 0 Å². The predicted molar refractivity (Wildman–Crippen MR) is 90.2 cm³/mol. The zero-order valence-corrected chi connectivity index (χ0v) is 14.7. The van der Waals surface area contributed by atoms with Crippen LogP contribution in [0.5, 0.6) is 0 Å². The van der Waals surface area contributed by atoms with E-state index in [4.69, 9.17) is 16.6 Å². The van der Waals surface area contributed by atoms with Crippen LogP contribution in [0.4, 0.5) is 0 Å². The van der Waals surface area contributed by atoms with Gasteiger partial charge in [-0.05, 0) is 38.2 Å². The van der Waals surface area contributed by atoms with E-state index >= 15 is 0 Å². The maximum atomic E-state index is 6.40. The molecule has 2 heterocycles. The van der Waals surface area contributed by atoms with Crippen molar-refractivity contribution in [3.05, 3.63) is 21.4 Å². The summed E-state index contributed by atoms with van der Waals surface area (Å²) in [5.41, 5.74) is 1.22. The van der Waals surface area contributed by atoms with Crippen LogP contribution in [0.1, 0.15) is 43.0 Å². The molecule has 0 atom stereocenters. The Balaban J connectivity index is 1.89. The zero-order valence-electron chi connectivity index (χ0n) is 13.1. The van der Waals surface area contributed by atoms with Gasteiger partial charge in [0, 0.05) is 17.5 Å². The fraction of sp³-hybridized carbons (Fsp3) is 0.625. The predicted octanol–water partition coefficient (Wildman–Crippen LogP) is 4.58. The van der Waals surface area contributed by atoms with E-state index in [9.17, 15) is 0 Å². The molecular formula is C16H22ClN3S. The van der Waals surface area contributed by atoms with E-state index in [1.807, 2.05) is 0 Å².